The zero-order valence-electron chi connectivity index (χ0n) is 10.8. The van der Waals surface area contributed by atoms with Crippen molar-refractivity contribution < 1.29 is 5.11 Å². The molecule has 2 atom stereocenters. The number of aromatic amines is 1. The molecule has 1 aliphatic heterocycles. The molecule has 0 spiro atoms. The summed E-state index contributed by atoms with van der Waals surface area (Å²) in [4.78, 5) is 11.6. The molecule has 1 saturated heterocycles. The summed E-state index contributed by atoms with van der Waals surface area (Å²) in [5, 5.41) is 20.8. The number of thioether (sulfide) groups is 1. The van der Waals surface area contributed by atoms with Crippen LogP contribution in [0.1, 0.15) is 26.7 Å². The van der Waals surface area contributed by atoms with E-state index in [1.54, 1.807) is 4.57 Å². The molecule has 1 aliphatic rings. The first-order valence-electron chi connectivity index (χ1n) is 6.29. The fourth-order valence-electron chi connectivity index (χ4n) is 2.07. The monoisotopic (exact) mass is 272 g/mol. The Bertz CT molecular complexity index is 454. The van der Waals surface area contributed by atoms with Crippen molar-refractivity contribution in [2.45, 2.75) is 49.2 Å². The third kappa shape index (κ3) is 2.78. The second kappa shape index (κ2) is 5.46. The van der Waals surface area contributed by atoms with Crippen LogP contribution in [-0.2, 0) is 6.54 Å². The van der Waals surface area contributed by atoms with Gasteiger partial charge in [-0.3, -0.25) is 4.57 Å². The molecule has 7 heteroatoms. The molecule has 18 heavy (non-hydrogen) atoms. The fourth-order valence-corrected chi connectivity index (χ4v) is 3.29. The van der Waals surface area contributed by atoms with Crippen LogP contribution in [0, 0.1) is 0 Å². The van der Waals surface area contributed by atoms with E-state index in [2.05, 4.69) is 15.5 Å². The molecule has 0 radical (unpaired) electrons. The topological polar surface area (TPSA) is 82.9 Å². The zero-order valence-corrected chi connectivity index (χ0v) is 11.6. The highest BCUT2D eigenvalue weighted by Crippen LogP contribution is 2.32. The van der Waals surface area contributed by atoms with Crippen LogP contribution in [0.15, 0.2) is 9.95 Å². The van der Waals surface area contributed by atoms with Crippen molar-refractivity contribution in [2.75, 3.05) is 13.1 Å². The summed E-state index contributed by atoms with van der Waals surface area (Å²) in [7, 11) is 0. The Hall–Kier alpha value is -0.790. The van der Waals surface area contributed by atoms with Gasteiger partial charge in [0, 0.05) is 13.1 Å². The number of aromatic nitrogens is 3. The van der Waals surface area contributed by atoms with Crippen molar-refractivity contribution in [3.05, 3.63) is 10.5 Å². The van der Waals surface area contributed by atoms with E-state index in [0.29, 0.717) is 18.1 Å². The number of rotatable bonds is 4. The van der Waals surface area contributed by atoms with Crippen LogP contribution in [0.5, 0.6) is 0 Å². The number of hydrogen-bond donors (Lipinski definition) is 3. The van der Waals surface area contributed by atoms with Crippen molar-refractivity contribution in [3.8, 4) is 0 Å². The molecule has 6 nitrogen and oxygen atoms in total. The van der Waals surface area contributed by atoms with E-state index in [1.165, 1.54) is 11.8 Å². The Morgan fingerprint density at radius 2 is 2.44 bits per heavy atom. The molecule has 2 rings (SSSR count). The number of aliphatic hydroxyl groups is 1. The first-order chi connectivity index (χ1) is 8.54. The van der Waals surface area contributed by atoms with Crippen molar-refractivity contribution in [1.82, 2.24) is 20.1 Å². The molecule has 0 amide bonds. The van der Waals surface area contributed by atoms with E-state index in [1.807, 2.05) is 13.8 Å². The molecule has 1 fully saturated rings. The number of hydrogen-bond acceptors (Lipinski definition) is 5. The van der Waals surface area contributed by atoms with Gasteiger partial charge >= 0.3 is 5.69 Å². The van der Waals surface area contributed by atoms with Gasteiger partial charge in [0.1, 0.15) is 0 Å². The molecule has 102 valence electrons. The Kier molecular flexibility index (Phi) is 4.14. The SMILES string of the molecule is CCCn1c(SC2CNCCC2(C)O)n[nH]c1=O. The van der Waals surface area contributed by atoms with E-state index in [-0.39, 0.29) is 10.9 Å². The second-order valence-corrected chi connectivity index (χ2v) is 6.05. The highest BCUT2D eigenvalue weighted by atomic mass is 32.2. The van der Waals surface area contributed by atoms with Crippen LogP contribution in [-0.4, -0.2) is 43.8 Å². The van der Waals surface area contributed by atoms with E-state index in [4.69, 9.17) is 0 Å². The van der Waals surface area contributed by atoms with Gasteiger partial charge in [-0.05, 0) is 26.3 Å². The summed E-state index contributed by atoms with van der Waals surface area (Å²) in [6.45, 7) is 6.07. The maximum Gasteiger partial charge on any atom is 0.343 e. The van der Waals surface area contributed by atoms with Gasteiger partial charge < -0.3 is 10.4 Å². The van der Waals surface area contributed by atoms with E-state index in [9.17, 15) is 9.90 Å². The third-order valence-corrected chi connectivity index (χ3v) is 4.73. The molecule has 2 unspecified atom stereocenters. The normalized spacial score (nSPS) is 28.5. The predicted octanol–water partition coefficient (Wildman–Crippen LogP) is 0.186. The van der Waals surface area contributed by atoms with Crippen LogP contribution >= 0.6 is 11.8 Å². The van der Waals surface area contributed by atoms with Gasteiger partial charge in [0.2, 0.25) is 0 Å². The molecule has 3 N–H and O–H groups in total. The highest BCUT2D eigenvalue weighted by Gasteiger charge is 2.36. The first-order valence-corrected chi connectivity index (χ1v) is 7.17. The van der Waals surface area contributed by atoms with Crippen molar-refractivity contribution >= 4 is 11.8 Å². The molecule has 1 aromatic rings. The van der Waals surface area contributed by atoms with Gasteiger partial charge in [-0.2, -0.15) is 0 Å². The third-order valence-electron chi connectivity index (χ3n) is 3.25. The summed E-state index contributed by atoms with van der Waals surface area (Å²) < 4.78 is 1.63. The van der Waals surface area contributed by atoms with Gasteiger partial charge in [-0.15, -0.1) is 5.10 Å². The van der Waals surface area contributed by atoms with Gasteiger partial charge in [-0.25, -0.2) is 9.89 Å². The van der Waals surface area contributed by atoms with Crippen molar-refractivity contribution in [2.24, 2.45) is 0 Å². The minimum atomic E-state index is -0.720. The lowest BCUT2D eigenvalue weighted by molar-refractivity contribution is 0.0354. The Morgan fingerprint density at radius 1 is 1.67 bits per heavy atom. The maximum absolute atomic E-state index is 11.6. The second-order valence-electron chi connectivity index (χ2n) is 4.88. The molecule has 0 aliphatic carbocycles. The molecule has 0 saturated carbocycles. The van der Waals surface area contributed by atoms with Crippen molar-refractivity contribution in [3.63, 3.8) is 0 Å². The molecular weight excluding hydrogens is 252 g/mol. The van der Waals surface area contributed by atoms with E-state index in [0.717, 1.165) is 19.5 Å². The van der Waals surface area contributed by atoms with Crippen LogP contribution in [0.4, 0.5) is 0 Å². The molecular formula is C11H20N4O2S. The van der Waals surface area contributed by atoms with E-state index >= 15 is 0 Å². The average molecular weight is 272 g/mol. The minimum absolute atomic E-state index is 0.0112. The van der Waals surface area contributed by atoms with Crippen LogP contribution < -0.4 is 11.0 Å². The fraction of sp³-hybridized carbons (Fsp3) is 0.818. The van der Waals surface area contributed by atoms with Crippen LogP contribution in [0.2, 0.25) is 0 Å². The molecule has 0 aromatic carbocycles. The smallest absolute Gasteiger partial charge is 0.343 e. The largest absolute Gasteiger partial charge is 0.389 e. The van der Waals surface area contributed by atoms with Crippen LogP contribution in [0.25, 0.3) is 0 Å². The van der Waals surface area contributed by atoms with Gasteiger partial charge in [0.25, 0.3) is 0 Å². The number of H-pyrrole nitrogens is 1. The van der Waals surface area contributed by atoms with Gasteiger partial charge in [0.15, 0.2) is 5.16 Å². The number of nitrogens with zero attached hydrogens (tertiary/aromatic N) is 2. The van der Waals surface area contributed by atoms with E-state index < -0.39 is 5.60 Å². The minimum Gasteiger partial charge on any atom is -0.389 e. The molecule has 0 bridgehead atoms. The number of nitrogens with one attached hydrogen (secondary N) is 2. The lowest BCUT2D eigenvalue weighted by atomic mass is 9.94. The average Bonchev–Trinajstić information content (AvgIpc) is 2.65. The molecule has 1 aromatic heterocycles. The van der Waals surface area contributed by atoms with Crippen LogP contribution in [0.3, 0.4) is 0 Å². The number of piperidine rings is 1. The lowest BCUT2D eigenvalue weighted by Gasteiger charge is -2.36. The quantitative estimate of drug-likeness (QED) is 0.728. The first kappa shape index (κ1) is 13.6. The lowest BCUT2D eigenvalue weighted by Crippen LogP contribution is -2.50. The predicted molar refractivity (Wildman–Crippen MR) is 70.9 cm³/mol. The summed E-state index contributed by atoms with van der Waals surface area (Å²) in [5.74, 6) is 0. The Balaban J connectivity index is 2.15. The Labute approximate surface area is 110 Å². The van der Waals surface area contributed by atoms with Crippen molar-refractivity contribution in [1.29, 1.82) is 0 Å². The van der Waals surface area contributed by atoms with Gasteiger partial charge in [-0.1, -0.05) is 18.7 Å². The highest BCUT2D eigenvalue weighted by molar-refractivity contribution is 7.99. The Morgan fingerprint density at radius 3 is 3.11 bits per heavy atom. The maximum atomic E-state index is 11.6. The summed E-state index contributed by atoms with van der Waals surface area (Å²) in [6.07, 6.45) is 1.60. The summed E-state index contributed by atoms with van der Waals surface area (Å²) >= 11 is 1.47. The summed E-state index contributed by atoms with van der Waals surface area (Å²) in [6, 6.07) is 0. The zero-order chi connectivity index (χ0) is 13.2. The van der Waals surface area contributed by atoms with Gasteiger partial charge in [0.05, 0.1) is 10.9 Å². The standard InChI is InChI=1S/C11H20N4O2S/c1-3-6-15-9(16)13-14-10(15)18-8-7-12-5-4-11(8,2)17/h8,12,17H,3-7H2,1-2H3,(H,13,16). The molecule has 2 heterocycles. The summed E-state index contributed by atoms with van der Waals surface area (Å²) in [5.41, 5.74) is -0.898.